The number of ether oxygens (including phenoxy) is 3. The van der Waals surface area contributed by atoms with Gasteiger partial charge in [-0.3, -0.25) is 9.59 Å². The molecule has 5 aliphatic rings. The van der Waals surface area contributed by atoms with Crippen molar-refractivity contribution < 1.29 is 23.8 Å². The summed E-state index contributed by atoms with van der Waals surface area (Å²) < 4.78 is 19.6. The van der Waals surface area contributed by atoms with Crippen LogP contribution in [0.5, 0.6) is 0 Å². The van der Waals surface area contributed by atoms with Crippen molar-refractivity contribution in [1.82, 2.24) is 20.0 Å². The Morgan fingerprint density at radius 3 is 2.33 bits per heavy atom. The van der Waals surface area contributed by atoms with E-state index in [-0.39, 0.29) is 30.1 Å². The van der Waals surface area contributed by atoms with Crippen LogP contribution in [0.15, 0.2) is 17.1 Å². The molecule has 2 spiro atoms. The molecule has 7 atom stereocenters. The summed E-state index contributed by atoms with van der Waals surface area (Å²) in [6.45, 7) is 7.73. The number of unbranched alkanes of at least 4 members (excludes halogenated alkanes) is 13. The number of halogens is 1. The molecular formula is C45H79ClN6O5. The van der Waals surface area contributed by atoms with E-state index < -0.39 is 17.4 Å². The van der Waals surface area contributed by atoms with Crippen molar-refractivity contribution in [1.29, 1.82) is 0 Å². The first kappa shape index (κ1) is 46.2. The number of carbonyl (C=O) groups excluding carboxylic acids is 2. The lowest BCUT2D eigenvalue weighted by molar-refractivity contribution is -0.194. The van der Waals surface area contributed by atoms with Gasteiger partial charge in [-0.2, -0.15) is 0 Å². The summed E-state index contributed by atoms with van der Waals surface area (Å²) >= 11 is 5.59. The van der Waals surface area contributed by atoms with Gasteiger partial charge in [0.25, 0.3) is 0 Å². The minimum absolute atomic E-state index is 0.0368. The molecule has 0 aliphatic carbocycles. The van der Waals surface area contributed by atoms with E-state index in [4.69, 9.17) is 36.7 Å². The molecule has 3 saturated heterocycles. The van der Waals surface area contributed by atoms with Gasteiger partial charge in [-0.15, -0.1) is 0 Å². The number of hydrogen-bond acceptors (Lipinski definition) is 10. The number of guanidine groups is 1. The standard InChI is InChI=1S/C45H79ClN6O5/c1-3-38-24-16-17-28-44(57-38)35-37-26-27-39-41(45(29-21-23-36(2)56-45)50-43(49-44)52(37)39)42(54)55-34-20-14-12-10-8-6-4-5-7-9-11-13-15-25-40(53)51(32-19-18-30-47)33-22-31-48-46/h16,24,36-39,41,48H,3-15,17-23,25-35,47H2,1-2H3,(H,49,50)/t36-,37+,38+,39-,41-,44+,45-/m1/s1. The Balaban J connectivity index is 0.939. The van der Waals surface area contributed by atoms with Crippen LogP contribution in [-0.4, -0.2) is 96.2 Å². The average molecular weight is 820 g/mol. The molecule has 12 heteroatoms. The summed E-state index contributed by atoms with van der Waals surface area (Å²) in [6, 6.07) is 0.339. The van der Waals surface area contributed by atoms with E-state index in [9.17, 15) is 9.59 Å². The van der Waals surface area contributed by atoms with Crippen LogP contribution in [0.4, 0.5) is 0 Å². The lowest BCUT2D eigenvalue weighted by Gasteiger charge is -2.55. The maximum atomic E-state index is 14.1. The van der Waals surface area contributed by atoms with E-state index in [1.165, 1.54) is 57.8 Å². The summed E-state index contributed by atoms with van der Waals surface area (Å²) in [6.07, 6.45) is 32.1. The molecule has 57 heavy (non-hydrogen) atoms. The fourth-order valence-corrected chi connectivity index (χ4v) is 10.3. The Hall–Kier alpha value is -1.92. The van der Waals surface area contributed by atoms with Gasteiger partial charge in [-0.25, -0.2) is 9.83 Å². The molecule has 1 amide bonds. The Kier molecular flexibility index (Phi) is 19.7. The number of hydrogen-bond donors (Lipinski definition) is 3. The smallest absolute Gasteiger partial charge is 0.316 e. The van der Waals surface area contributed by atoms with Crippen LogP contribution < -0.4 is 15.9 Å². The number of amides is 1. The molecule has 5 aliphatic heterocycles. The molecule has 11 nitrogen and oxygen atoms in total. The molecule has 0 saturated carbocycles. The number of rotatable bonds is 26. The molecule has 0 radical (unpaired) electrons. The van der Waals surface area contributed by atoms with E-state index in [1.807, 2.05) is 4.90 Å². The van der Waals surface area contributed by atoms with Crippen molar-refractivity contribution in [3.05, 3.63) is 12.2 Å². The third kappa shape index (κ3) is 13.5. The highest BCUT2D eigenvalue weighted by atomic mass is 35.5. The van der Waals surface area contributed by atoms with Crippen molar-refractivity contribution in [3.8, 4) is 0 Å². The molecular weight excluding hydrogens is 740 g/mol. The number of esters is 1. The fraction of sp³-hybridized carbons (Fsp3) is 0.889. The number of nitrogens with two attached hydrogens (primary N) is 1. The quantitative estimate of drug-likeness (QED) is 0.0340. The Bertz CT molecular complexity index is 1260. The van der Waals surface area contributed by atoms with Gasteiger partial charge in [-0.05, 0) is 109 Å². The van der Waals surface area contributed by atoms with Gasteiger partial charge in [0.05, 0.1) is 24.9 Å². The highest BCUT2D eigenvalue weighted by molar-refractivity contribution is 6.13. The van der Waals surface area contributed by atoms with E-state index in [1.54, 1.807) is 0 Å². The van der Waals surface area contributed by atoms with Crippen LogP contribution in [-0.2, 0) is 23.8 Å². The minimum Gasteiger partial charge on any atom is -0.465 e. The second-order valence-electron chi connectivity index (χ2n) is 17.8. The second kappa shape index (κ2) is 24.4. The zero-order valence-corrected chi connectivity index (χ0v) is 36.6. The van der Waals surface area contributed by atoms with Crippen LogP contribution in [0.1, 0.15) is 181 Å². The molecule has 5 heterocycles. The van der Waals surface area contributed by atoms with Gasteiger partial charge < -0.3 is 35.1 Å². The monoisotopic (exact) mass is 819 g/mol. The molecule has 5 rings (SSSR count). The SMILES string of the molecule is CC[C@H]1C=CCC[C@@]2(C[C@@H]3CC[C@@H]4[C@H](C(=O)OCCCCCCCCCCCCCCCC(=O)N(CCCCN)CCCNCl)[C@]5(CCC[C@@H](C)O5)N=C(N2)N34)O1. The molecule has 0 aromatic heterocycles. The molecule has 0 aromatic carbocycles. The second-order valence-corrected chi connectivity index (χ2v) is 18.0. The molecule has 3 fully saturated rings. The first-order chi connectivity index (χ1) is 27.8. The maximum Gasteiger partial charge on any atom is 0.316 e. The van der Waals surface area contributed by atoms with Gasteiger partial charge >= 0.3 is 5.97 Å². The van der Waals surface area contributed by atoms with Gasteiger partial charge in [0.2, 0.25) is 5.91 Å². The number of nitrogens with one attached hydrogen (secondary N) is 2. The van der Waals surface area contributed by atoms with Crippen molar-refractivity contribution in [2.75, 3.05) is 32.8 Å². The Morgan fingerprint density at radius 2 is 1.65 bits per heavy atom. The van der Waals surface area contributed by atoms with Crippen LogP contribution >= 0.6 is 11.8 Å². The topological polar surface area (TPSA) is 131 Å². The highest BCUT2D eigenvalue weighted by Gasteiger charge is 2.62. The van der Waals surface area contributed by atoms with Crippen molar-refractivity contribution in [2.24, 2.45) is 16.6 Å². The lowest BCUT2D eigenvalue weighted by Crippen LogP contribution is -2.71. The summed E-state index contributed by atoms with van der Waals surface area (Å²) in [5, 5.41) is 3.80. The van der Waals surface area contributed by atoms with Crippen LogP contribution in [0.2, 0.25) is 0 Å². The first-order valence-corrected chi connectivity index (χ1v) is 23.9. The molecule has 0 aromatic rings. The highest BCUT2D eigenvalue weighted by Crippen LogP contribution is 2.50. The van der Waals surface area contributed by atoms with E-state index in [0.29, 0.717) is 32.2 Å². The predicted molar refractivity (Wildman–Crippen MR) is 230 cm³/mol. The van der Waals surface area contributed by atoms with E-state index in [0.717, 1.165) is 122 Å². The van der Waals surface area contributed by atoms with Gasteiger partial charge in [0.15, 0.2) is 11.7 Å². The van der Waals surface area contributed by atoms with Crippen molar-refractivity contribution in [3.63, 3.8) is 0 Å². The van der Waals surface area contributed by atoms with Crippen LogP contribution in [0.25, 0.3) is 0 Å². The van der Waals surface area contributed by atoms with Crippen molar-refractivity contribution >= 4 is 29.6 Å². The predicted octanol–water partition coefficient (Wildman–Crippen LogP) is 8.63. The third-order valence-electron chi connectivity index (χ3n) is 13.2. The van der Waals surface area contributed by atoms with Gasteiger partial charge in [0.1, 0.15) is 11.6 Å². The number of allylic oxidation sites excluding steroid dienone is 1. The Morgan fingerprint density at radius 1 is 0.947 bits per heavy atom. The van der Waals surface area contributed by atoms with Crippen LogP contribution in [0, 0.1) is 5.92 Å². The minimum atomic E-state index is -0.880. The molecule has 0 bridgehead atoms. The lowest BCUT2D eigenvalue weighted by atomic mass is 9.80. The summed E-state index contributed by atoms with van der Waals surface area (Å²) in [5.41, 5.74) is 4.33. The fourth-order valence-electron chi connectivity index (χ4n) is 10.2. The van der Waals surface area contributed by atoms with E-state index >= 15 is 0 Å². The number of aliphatic imine (C=N–C) groups is 1. The van der Waals surface area contributed by atoms with Crippen molar-refractivity contribution in [2.45, 2.75) is 217 Å². The molecule has 4 N–H and O–H groups in total. The summed E-state index contributed by atoms with van der Waals surface area (Å²) in [5.74, 6) is 0.613. The number of carbonyl (C=O) groups is 2. The third-order valence-corrected chi connectivity index (χ3v) is 13.4. The average Bonchev–Trinajstić information content (AvgIpc) is 3.50. The molecule has 326 valence electrons. The van der Waals surface area contributed by atoms with Gasteiger partial charge in [0, 0.05) is 38.5 Å². The number of nitrogens with zero attached hydrogens (tertiary/aromatic N) is 3. The van der Waals surface area contributed by atoms with Crippen LogP contribution in [0.3, 0.4) is 0 Å². The van der Waals surface area contributed by atoms with E-state index in [2.05, 4.69) is 41.1 Å². The summed E-state index contributed by atoms with van der Waals surface area (Å²) in [4.78, 5) is 39.2. The molecule has 0 unspecified atom stereocenters. The first-order valence-electron chi connectivity index (χ1n) is 23.5. The largest absolute Gasteiger partial charge is 0.465 e. The zero-order chi connectivity index (χ0) is 40.4. The zero-order valence-electron chi connectivity index (χ0n) is 35.8. The Labute approximate surface area is 350 Å². The summed E-state index contributed by atoms with van der Waals surface area (Å²) in [7, 11) is 0. The normalized spacial score (nSPS) is 29.2. The maximum absolute atomic E-state index is 14.1. The van der Waals surface area contributed by atoms with Gasteiger partial charge in [-0.1, -0.05) is 89.7 Å².